The SMILES string of the molecule is CCS(=O)(=O)[C@@H]1[C@@H](C(=O)O)[C@H]1c1ccc(F)cc1. The molecule has 6 heteroatoms. The van der Waals surface area contributed by atoms with Crippen LogP contribution < -0.4 is 0 Å². The van der Waals surface area contributed by atoms with Crippen molar-refractivity contribution in [3.8, 4) is 0 Å². The predicted molar refractivity (Wildman–Crippen MR) is 63.5 cm³/mol. The lowest BCUT2D eigenvalue weighted by Crippen LogP contribution is -2.14. The summed E-state index contributed by atoms with van der Waals surface area (Å²) in [4.78, 5) is 11.0. The van der Waals surface area contributed by atoms with E-state index in [2.05, 4.69) is 0 Å². The zero-order chi connectivity index (χ0) is 13.5. The van der Waals surface area contributed by atoms with Gasteiger partial charge in [0.2, 0.25) is 0 Å². The topological polar surface area (TPSA) is 71.4 Å². The minimum absolute atomic E-state index is 0.0842. The molecule has 1 aromatic carbocycles. The Kier molecular flexibility index (Phi) is 3.14. The summed E-state index contributed by atoms with van der Waals surface area (Å²) in [6, 6.07) is 5.31. The van der Waals surface area contributed by atoms with Gasteiger partial charge in [0.05, 0.1) is 11.2 Å². The fourth-order valence-corrected chi connectivity index (χ4v) is 4.10. The smallest absolute Gasteiger partial charge is 0.308 e. The molecule has 0 heterocycles. The molecule has 98 valence electrons. The van der Waals surface area contributed by atoms with E-state index in [1.165, 1.54) is 31.2 Å². The highest BCUT2D eigenvalue weighted by atomic mass is 32.2. The molecule has 0 bridgehead atoms. The molecule has 3 atom stereocenters. The molecule has 1 saturated carbocycles. The van der Waals surface area contributed by atoms with Crippen LogP contribution in [0.5, 0.6) is 0 Å². The van der Waals surface area contributed by atoms with Gasteiger partial charge in [-0.25, -0.2) is 12.8 Å². The molecule has 2 rings (SSSR count). The molecule has 0 amide bonds. The van der Waals surface area contributed by atoms with Crippen molar-refractivity contribution in [2.24, 2.45) is 5.92 Å². The Morgan fingerprint density at radius 2 is 1.89 bits per heavy atom. The van der Waals surface area contributed by atoms with Gasteiger partial charge in [-0.15, -0.1) is 0 Å². The molecule has 1 N–H and O–H groups in total. The molecule has 0 aromatic heterocycles. The van der Waals surface area contributed by atoms with Crippen LogP contribution in [0.15, 0.2) is 24.3 Å². The Morgan fingerprint density at radius 3 is 2.33 bits per heavy atom. The highest BCUT2D eigenvalue weighted by Gasteiger charge is 2.62. The summed E-state index contributed by atoms with van der Waals surface area (Å²) in [5.74, 6) is -3.11. The molecule has 1 aromatic rings. The third-order valence-corrected chi connectivity index (χ3v) is 5.53. The van der Waals surface area contributed by atoms with Crippen molar-refractivity contribution in [3.63, 3.8) is 0 Å². The Morgan fingerprint density at radius 1 is 1.33 bits per heavy atom. The highest BCUT2D eigenvalue weighted by Crippen LogP contribution is 2.52. The van der Waals surface area contributed by atoms with Crippen LogP contribution in [0.3, 0.4) is 0 Å². The maximum atomic E-state index is 12.8. The first-order valence-electron chi connectivity index (χ1n) is 5.58. The fraction of sp³-hybridized carbons (Fsp3) is 0.417. The van der Waals surface area contributed by atoms with Crippen LogP contribution in [0.4, 0.5) is 4.39 Å². The summed E-state index contributed by atoms with van der Waals surface area (Å²) in [6.45, 7) is 1.49. The van der Waals surface area contributed by atoms with Gasteiger partial charge in [0.1, 0.15) is 5.82 Å². The highest BCUT2D eigenvalue weighted by molar-refractivity contribution is 7.92. The summed E-state index contributed by atoms with van der Waals surface area (Å²) in [5.41, 5.74) is 0.561. The lowest BCUT2D eigenvalue weighted by molar-refractivity contribution is -0.138. The van der Waals surface area contributed by atoms with E-state index < -0.39 is 38.7 Å². The Labute approximate surface area is 104 Å². The van der Waals surface area contributed by atoms with Gasteiger partial charge in [0.25, 0.3) is 0 Å². The number of carbonyl (C=O) groups is 1. The normalized spacial score (nSPS) is 26.9. The quantitative estimate of drug-likeness (QED) is 0.900. The predicted octanol–water partition coefficient (Wildman–Crippen LogP) is 1.43. The maximum Gasteiger partial charge on any atom is 0.308 e. The van der Waals surface area contributed by atoms with Crippen LogP contribution >= 0.6 is 0 Å². The molecule has 1 aliphatic rings. The van der Waals surface area contributed by atoms with E-state index in [0.29, 0.717) is 5.56 Å². The first-order valence-corrected chi connectivity index (χ1v) is 7.30. The second-order valence-corrected chi connectivity index (χ2v) is 6.80. The second-order valence-electron chi connectivity index (χ2n) is 4.36. The third-order valence-electron chi connectivity index (χ3n) is 3.31. The fourth-order valence-electron chi connectivity index (χ4n) is 2.30. The lowest BCUT2D eigenvalue weighted by Gasteiger charge is -2.00. The third kappa shape index (κ3) is 2.12. The van der Waals surface area contributed by atoms with E-state index in [9.17, 15) is 17.6 Å². The molecule has 1 fully saturated rings. The summed E-state index contributed by atoms with van der Waals surface area (Å²) >= 11 is 0. The van der Waals surface area contributed by atoms with Gasteiger partial charge >= 0.3 is 5.97 Å². The lowest BCUT2D eigenvalue weighted by atomic mass is 10.1. The van der Waals surface area contributed by atoms with Crippen molar-refractivity contribution < 1.29 is 22.7 Å². The molecule has 0 radical (unpaired) electrons. The minimum Gasteiger partial charge on any atom is -0.481 e. The van der Waals surface area contributed by atoms with Crippen molar-refractivity contribution in [3.05, 3.63) is 35.6 Å². The van der Waals surface area contributed by atoms with Crippen molar-refractivity contribution in [2.45, 2.75) is 18.1 Å². The number of carboxylic acids is 1. The molecule has 0 aliphatic heterocycles. The van der Waals surface area contributed by atoms with Gasteiger partial charge in [-0.2, -0.15) is 0 Å². The number of aliphatic carboxylic acids is 1. The summed E-state index contributed by atoms with van der Waals surface area (Å²) in [6.07, 6.45) is 0. The van der Waals surface area contributed by atoms with Crippen LogP contribution in [-0.2, 0) is 14.6 Å². The Balaban J connectivity index is 2.33. The number of sulfone groups is 1. The van der Waals surface area contributed by atoms with E-state index in [1.54, 1.807) is 0 Å². The standard InChI is InChI=1S/C12H13FO4S/c1-2-18(16,17)11-9(10(11)12(14)15)7-3-5-8(13)6-4-7/h3-6,9-11H,2H2,1H3,(H,14,15)/t9-,10+,11+/m1/s1. The number of benzene rings is 1. The van der Waals surface area contributed by atoms with Crippen LogP contribution in [-0.4, -0.2) is 30.5 Å². The Hall–Kier alpha value is -1.43. The van der Waals surface area contributed by atoms with E-state index in [1.807, 2.05) is 0 Å². The maximum absolute atomic E-state index is 12.8. The van der Waals surface area contributed by atoms with Gasteiger partial charge in [-0.3, -0.25) is 4.79 Å². The molecular weight excluding hydrogens is 259 g/mol. The number of hydrogen-bond acceptors (Lipinski definition) is 3. The first kappa shape index (κ1) is 13.0. The molecular formula is C12H13FO4S. The van der Waals surface area contributed by atoms with E-state index in [0.717, 1.165) is 0 Å². The van der Waals surface area contributed by atoms with E-state index in [-0.39, 0.29) is 5.75 Å². The van der Waals surface area contributed by atoms with Gasteiger partial charge < -0.3 is 5.11 Å². The molecule has 0 unspecified atom stereocenters. The zero-order valence-electron chi connectivity index (χ0n) is 9.71. The van der Waals surface area contributed by atoms with Crippen molar-refractivity contribution in [2.75, 3.05) is 5.75 Å². The van der Waals surface area contributed by atoms with Gasteiger partial charge in [0.15, 0.2) is 9.84 Å². The molecule has 4 nitrogen and oxygen atoms in total. The van der Waals surface area contributed by atoms with Crippen molar-refractivity contribution >= 4 is 15.8 Å². The van der Waals surface area contributed by atoms with Crippen molar-refractivity contribution in [1.29, 1.82) is 0 Å². The second kappa shape index (κ2) is 4.35. The van der Waals surface area contributed by atoms with Crippen LogP contribution in [0.25, 0.3) is 0 Å². The molecule has 18 heavy (non-hydrogen) atoms. The van der Waals surface area contributed by atoms with Gasteiger partial charge in [0, 0.05) is 11.7 Å². The molecule has 0 saturated heterocycles. The van der Waals surface area contributed by atoms with Gasteiger partial charge in [-0.1, -0.05) is 19.1 Å². The Bertz CT molecular complexity index is 564. The number of hydrogen-bond donors (Lipinski definition) is 1. The van der Waals surface area contributed by atoms with Crippen LogP contribution in [0, 0.1) is 11.7 Å². The monoisotopic (exact) mass is 272 g/mol. The number of halogens is 1. The average Bonchev–Trinajstić information content (AvgIpc) is 3.06. The minimum atomic E-state index is -3.40. The summed E-state index contributed by atoms with van der Waals surface area (Å²) in [7, 11) is -3.40. The molecule has 1 aliphatic carbocycles. The largest absolute Gasteiger partial charge is 0.481 e. The average molecular weight is 272 g/mol. The van der Waals surface area contributed by atoms with Gasteiger partial charge in [-0.05, 0) is 17.7 Å². The summed E-state index contributed by atoms with van der Waals surface area (Å²) < 4.78 is 36.4. The van der Waals surface area contributed by atoms with Crippen LogP contribution in [0.1, 0.15) is 18.4 Å². The van der Waals surface area contributed by atoms with Crippen LogP contribution in [0.2, 0.25) is 0 Å². The van der Waals surface area contributed by atoms with E-state index in [4.69, 9.17) is 5.11 Å². The molecule has 0 spiro atoms. The number of rotatable bonds is 4. The number of carboxylic acid groups (broad SMARTS) is 1. The van der Waals surface area contributed by atoms with Crippen molar-refractivity contribution in [1.82, 2.24) is 0 Å². The summed E-state index contributed by atoms with van der Waals surface area (Å²) in [5, 5.41) is 8.15. The van der Waals surface area contributed by atoms with E-state index >= 15 is 0 Å². The zero-order valence-corrected chi connectivity index (χ0v) is 10.5. The first-order chi connectivity index (χ1) is 8.38.